The number of benzene rings is 1. The summed E-state index contributed by atoms with van der Waals surface area (Å²) in [6.07, 6.45) is 2.24. The van der Waals surface area contributed by atoms with Gasteiger partial charge in [0.15, 0.2) is 11.5 Å². The van der Waals surface area contributed by atoms with Gasteiger partial charge in [-0.3, -0.25) is 0 Å². The third kappa shape index (κ3) is 4.80. The summed E-state index contributed by atoms with van der Waals surface area (Å²) in [7, 11) is 3.35. The number of methoxy groups -OCH3 is 1. The molecule has 1 aliphatic rings. The second kappa shape index (κ2) is 8.48. The van der Waals surface area contributed by atoms with Gasteiger partial charge in [-0.15, -0.1) is 0 Å². The Morgan fingerprint density at radius 3 is 2.86 bits per heavy atom. The molecule has 1 fully saturated rings. The highest BCUT2D eigenvalue weighted by molar-refractivity contribution is 5.73. The van der Waals surface area contributed by atoms with Crippen molar-refractivity contribution in [1.82, 2.24) is 10.2 Å². The zero-order valence-electron chi connectivity index (χ0n) is 13.2. The number of rotatable bonds is 7. The highest BCUT2D eigenvalue weighted by Gasteiger charge is 2.17. The molecule has 6 nitrogen and oxygen atoms in total. The highest BCUT2D eigenvalue weighted by Crippen LogP contribution is 2.25. The molecule has 1 N–H and O–H groups in total. The molecule has 1 aromatic carbocycles. The van der Waals surface area contributed by atoms with Crippen LogP contribution in [0.25, 0.3) is 0 Å². The summed E-state index contributed by atoms with van der Waals surface area (Å²) in [5.74, 6) is 1.37. The van der Waals surface area contributed by atoms with Crippen molar-refractivity contribution in [1.29, 1.82) is 0 Å². The summed E-state index contributed by atoms with van der Waals surface area (Å²) in [6.45, 7) is 2.26. The first-order valence-electron chi connectivity index (χ1n) is 7.57. The van der Waals surface area contributed by atoms with Crippen LogP contribution in [-0.2, 0) is 4.74 Å². The molecule has 2 amide bonds. The van der Waals surface area contributed by atoms with Gasteiger partial charge < -0.3 is 24.4 Å². The van der Waals surface area contributed by atoms with Crippen LogP contribution in [0.15, 0.2) is 24.3 Å². The molecule has 0 aliphatic carbocycles. The van der Waals surface area contributed by atoms with E-state index in [0.29, 0.717) is 31.2 Å². The molecule has 0 saturated carbocycles. The Hall–Kier alpha value is -1.95. The van der Waals surface area contributed by atoms with E-state index in [2.05, 4.69) is 5.32 Å². The van der Waals surface area contributed by atoms with E-state index < -0.39 is 0 Å². The maximum atomic E-state index is 11.9. The van der Waals surface area contributed by atoms with Crippen molar-refractivity contribution in [3.63, 3.8) is 0 Å². The topological polar surface area (TPSA) is 60.0 Å². The van der Waals surface area contributed by atoms with Gasteiger partial charge in [-0.1, -0.05) is 12.1 Å². The average molecular weight is 308 g/mol. The Bertz CT molecular complexity index is 475. The Labute approximate surface area is 131 Å². The fourth-order valence-corrected chi connectivity index (χ4v) is 2.27. The molecule has 1 atom stereocenters. The second-order valence-electron chi connectivity index (χ2n) is 5.24. The summed E-state index contributed by atoms with van der Waals surface area (Å²) in [5, 5.41) is 2.88. The number of hydrogen-bond acceptors (Lipinski definition) is 4. The van der Waals surface area contributed by atoms with Crippen LogP contribution in [0.1, 0.15) is 12.8 Å². The summed E-state index contributed by atoms with van der Waals surface area (Å²) in [4.78, 5) is 13.5. The Morgan fingerprint density at radius 1 is 1.41 bits per heavy atom. The third-order valence-electron chi connectivity index (χ3n) is 3.60. The minimum absolute atomic E-state index is 0.112. The molecular formula is C16H24N2O4. The predicted octanol–water partition coefficient (Wildman–Crippen LogP) is 1.89. The summed E-state index contributed by atoms with van der Waals surface area (Å²) in [6, 6.07) is 7.34. The zero-order chi connectivity index (χ0) is 15.8. The number of hydrogen-bond donors (Lipinski definition) is 1. The monoisotopic (exact) mass is 308 g/mol. The first-order chi connectivity index (χ1) is 10.7. The maximum Gasteiger partial charge on any atom is 0.317 e. The van der Waals surface area contributed by atoms with Gasteiger partial charge in [-0.05, 0) is 25.0 Å². The molecule has 0 radical (unpaired) electrons. The van der Waals surface area contributed by atoms with Crippen molar-refractivity contribution in [2.75, 3.05) is 40.5 Å². The normalized spacial score (nSPS) is 17.1. The first kappa shape index (κ1) is 16.4. The number of urea groups is 1. The fraction of sp³-hybridized carbons (Fsp3) is 0.562. The van der Waals surface area contributed by atoms with Crippen LogP contribution in [0.5, 0.6) is 11.5 Å². The number of amides is 2. The molecule has 1 aromatic rings. The van der Waals surface area contributed by atoms with Crippen LogP contribution in [-0.4, -0.2) is 57.5 Å². The van der Waals surface area contributed by atoms with E-state index in [1.54, 1.807) is 19.1 Å². The van der Waals surface area contributed by atoms with Crippen LogP contribution in [0.4, 0.5) is 4.79 Å². The Morgan fingerprint density at radius 2 is 2.18 bits per heavy atom. The zero-order valence-corrected chi connectivity index (χ0v) is 13.2. The molecule has 0 aromatic heterocycles. The van der Waals surface area contributed by atoms with Crippen molar-refractivity contribution < 1.29 is 19.0 Å². The van der Waals surface area contributed by atoms with Crippen molar-refractivity contribution in [2.24, 2.45) is 0 Å². The second-order valence-corrected chi connectivity index (χ2v) is 5.24. The Kier molecular flexibility index (Phi) is 6.33. The summed E-state index contributed by atoms with van der Waals surface area (Å²) >= 11 is 0. The van der Waals surface area contributed by atoms with E-state index in [9.17, 15) is 4.79 Å². The number of nitrogens with zero attached hydrogens (tertiary/aromatic N) is 1. The number of nitrogens with one attached hydrogen (secondary N) is 1. The van der Waals surface area contributed by atoms with Gasteiger partial charge in [0.05, 0.1) is 19.8 Å². The van der Waals surface area contributed by atoms with Crippen molar-refractivity contribution >= 4 is 6.03 Å². The summed E-state index contributed by atoms with van der Waals surface area (Å²) in [5.41, 5.74) is 0. The van der Waals surface area contributed by atoms with Gasteiger partial charge in [-0.2, -0.15) is 0 Å². The minimum atomic E-state index is -0.112. The van der Waals surface area contributed by atoms with Gasteiger partial charge in [0.25, 0.3) is 0 Å². The van der Waals surface area contributed by atoms with E-state index in [1.807, 2.05) is 24.3 Å². The average Bonchev–Trinajstić information content (AvgIpc) is 3.06. The lowest BCUT2D eigenvalue weighted by Crippen LogP contribution is -2.42. The Balaban J connectivity index is 1.68. The molecule has 1 saturated heterocycles. The standard InChI is InChI=1S/C16H24N2O4/c1-18(16(19)17-12-13-6-5-10-21-13)9-11-22-15-8-4-3-7-14(15)20-2/h3-4,7-8,13H,5-6,9-12H2,1-2H3,(H,17,19)/t13-/m0/s1. The molecular weight excluding hydrogens is 284 g/mol. The number of para-hydroxylation sites is 2. The number of carbonyl (C=O) groups excluding carboxylic acids is 1. The molecule has 0 spiro atoms. The number of carbonyl (C=O) groups is 1. The van der Waals surface area contributed by atoms with Gasteiger partial charge in [0.2, 0.25) is 0 Å². The number of ether oxygens (including phenoxy) is 3. The third-order valence-corrected chi connectivity index (χ3v) is 3.60. The van der Waals surface area contributed by atoms with E-state index in [0.717, 1.165) is 19.4 Å². The molecule has 1 heterocycles. The first-order valence-corrected chi connectivity index (χ1v) is 7.57. The SMILES string of the molecule is COc1ccccc1OCCN(C)C(=O)NC[C@@H]1CCCO1. The van der Waals surface area contributed by atoms with Crippen molar-refractivity contribution in [2.45, 2.75) is 18.9 Å². The van der Waals surface area contributed by atoms with Crippen molar-refractivity contribution in [3.05, 3.63) is 24.3 Å². The van der Waals surface area contributed by atoms with Crippen LogP contribution < -0.4 is 14.8 Å². The van der Waals surface area contributed by atoms with E-state index in [1.165, 1.54) is 0 Å². The molecule has 1 aliphatic heterocycles. The minimum Gasteiger partial charge on any atom is -0.493 e. The lowest BCUT2D eigenvalue weighted by atomic mass is 10.2. The molecule has 0 bridgehead atoms. The van der Waals surface area contributed by atoms with E-state index in [4.69, 9.17) is 14.2 Å². The lowest BCUT2D eigenvalue weighted by molar-refractivity contribution is 0.109. The highest BCUT2D eigenvalue weighted by atomic mass is 16.5. The molecule has 2 rings (SSSR count). The molecule has 0 unspecified atom stereocenters. The van der Waals surface area contributed by atoms with Gasteiger partial charge >= 0.3 is 6.03 Å². The van der Waals surface area contributed by atoms with Crippen LogP contribution in [0.2, 0.25) is 0 Å². The van der Waals surface area contributed by atoms with Gasteiger partial charge in [0, 0.05) is 20.2 Å². The quantitative estimate of drug-likeness (QED) is 0.836. The maximum absolute atomic E-state index is 11.9. The van der Waals surface area contributed by atoms with Crippen LogP contribution in [0.3, 0.4) is 0 Å². The molecule has 122 valence electrons. The van der Waals surface area contributed by atoms with Crippen LogP contribution in [0, 0.1) is 0 Å². The van der Waals surface area contributed by atoms with Gasteiger partial charge in [-0.25, -0.2) is 4.79 Å². The molecule has 6 heteroatoms. The smallest absolute Gasteiger partial charge is 0.317 e. The van der Waals surface area contributed by atoms with Gasteiger partial charge in [0.1, 0.15) is 6.61 Å². The predicted molar refractivity (Wildman–Crippen MR) is 83.5 cm³/mol. The molecule has 22 heavy (non-hydrogen) atoms. The summed E-state index contributed by atoms with van der Waals surface area (Å²) < 4.78 is 16.3. The van der Waals surface area contributed by atoms with Crippen LogP contribution >= 0.6 is 0 Å². The van der Waals surface area contributed by atoms with E-state index in [-0.39, 0.29) is 12.1 Å². The van der Waals surface area contributed by atoms with Crippen molar-refractivity contribution in [3.8, 4) is 11.5 Å². The van der Waals surface area contributed by atoms with E-state index >= 15 is 0 Å². The fourth-order valence-electron chi connectivity index (χ4n) is 2.27. The number of likely N-dealkylation sites (N-methyl/N-ethyl adjacent to an activating group) is 1. The lowest BCUT2D eigenvalue weighted by Gasteiger charge is -2.20. The largest absolute Gasteiger partial charge is 0.493 e.